The van der Waals surface area contributed by atoms with Crippen molar-refractivity contribution < 1.29 is 18.0 Å². The van der Waals surface area contributed by atoms with Gasteiger partial charge in [0.25, 0.3) is 0 Å². The average molecular weight is 419 g/mol. The molecule has 0 saturated carbocycles. The SMILES string of the molecule is Cc1nc(N)c2c(C(F)(F)F)cc([C@@H]3CCCN(C(=O)Cn4ccnc4)C3)nc2n1. The number of carbonyl (C=O) groups is 1. The zero-order valence-corrected chi connectivity index (χ0v) is 16.2. The van der Waals surface area contributed by atoms with Gasteiger partial charge >= 0.3 is 6.18 Å². The van der Waals surface area contributed by atoms with Gasteiger partial charge in [0.1, 0.15) is 18.2 Å². The predicted molar refractivity (Wildman–Crippen MR) is 102 cm³/mol. The number of hydrogen-bond donors (Lipinski definition) is 1. The lowest BCUT2D eigenvalue weighted by molar-refractivity contribution is -0.136. The first-order valence-electron chi connectivity index (χ1n) is 9.48. The molecule has 1 atom stereocenters. The fourth-order valence-corrected chi connectivity index (χ4v) is 3.81. The van der Waals surface area contributed by atoms with Crippen molar-refractivity contribution >= 4 is 22.8 Å². The van der Waals surface area contributed by atoms with E-state index in [1.54, 1.807) is 35.1 Å². The van der Waals surface area contributed by atoms with E-state index in [0.29, 0.717) is 25.9 Å². The fourth-order valence-electron chi connectivity index (χ4n) is 3.81. The molecule has 11 heteroatoms. The van der Waals surface area contributed by atoms with E-state index >= 15 is 0 Å². The Hall–Kier alpha value is -3.24. The van der Waals surface area contributed by atoms with E-state index in [1.807, 2.05) is 0 Å². The Morgan fingerprint density at radius 1 is 1.30 bits per heavy atom. The van der Waals surface area contributed by atoms with E-state index in [-0.39, 0.29) is 46.7 Å². The van der Waals surface area contributed by atoms with Gasteiger partial charge in [0.15, 0.2) is 5.65 Å². The molecule has 1 aliphatic rings. The largest absolute Gasteiger partial charge is 0.417 e. The van der Waals surface area contributed by atoms with E-state index < -0.39 is 11.7 Å². The molecule has 30 heavy (non-hydrogen) atoms. The Kier molecular flexibility index (Phi) is 5.04. The molecule has 1 fully saturated rings. The molecule has 1 aliphatic heterocycles. The summed E-state index contributed by atoms with van der Waals surface area (Å²) in [4.78, 5) is 30.5. The third kappa shape index (κ3) is 3.91. The van der Waals surface area contributed by atoms with Crippen LogP contribution in [0.4, 0.5) is 19.0 Å². The Morgan fingerprint density at radius 2 is 2.10 bits per heavy atom. The second kappa shape index (κ2) is 7.54. The maximum absolute atomic E-state index is 13.8. The number of imidazole rings is 1. The van der Waals surface area contributed by atoms with Crippen molar-refractivity contribution in [2.24, 2.45) is 0 Å². The summed E-state index contributed by atoms with van der Waals surface area (Å²) in [6.07, 6.45) is 1.49. The van der Waals surface area contributed by atoms with Crippen LogP contribution in [-0.2, 0) is 17.5 Å². The van der Waals surface area contributed by atoms with Crippen molar-refractivity contribution in [2.75, 3.05) is 18.8 Å². The lowest BCUT2D eigenvalue weighted by atomic mass is 9.92. The lowest BCUT2D eigenvalue weighted by Crippen LogP contribution is -2.41. The fraction of sp³-hybridized carbons (Fsp3) is 0.421. The highest BCUT2D eigenvalue weighted by Crippen LogP contribution is 2.38. The maximum Gasteiger partial charge on any atom is 0.417 e. The average Bonchev–Trinajstić information content (AvgIpc) is 3.19. The minimum atomic E-state index is -4.63. The highest BCUT2D eigenvalue weighted by atomic mass is 19.4. The smallest absolute Gasteiger partial charge is 0.383 e. The molecule has 0 spiro atoms. The number of aryl methyl sites for hydroxylation is 1. The summed E-state index contributed by atoms with van der Waals surface area (Å²) in [7, 11) is 0. The number of hydrogen-bond acceptors (Lipinski definition) is 6. The highest BCUT2D eigenvalue weighted by Gasteiger charge is 2.36. The number of nitrogens with two attached hydrogens (primary N) is 1. The summed E-state index contributed by atoms with van der Waals surface area (Å²) in [5.41, 5.74) is 5.04. The van der Waals surface area contributed by atoms with Crippen LogP contribution in [0.2, 0.25) is 0 Å². The normalized spacial score (nSPS) is 17.5. The molecular weight excluding hydrogens is 399 g/mol. The molecule has 3 aromatic heterocycles. The first-order valence-corrected chi connectivity index (χ1v) is 9.48. The van der Waals surface area contributed by atoms with Gasteiger partial charge in [-0.3, -0.25) is 4.79 Å². The minimum Gasteiger partial charge on any atom is -0.383 e. The van der Waals surface area contributed by atoms with Gasteiger partial charge < -0.3 is 15.2 Å². The van der Waals surface area contributed by atoms with Crippen molar-refractivity contribution in [1.82, 2.24) is 29.4 Å². The summed E-state index contributed by atoms with van der Waals surface area (Å²) >= 11 is 0. The zero-order valence-electron chi connectivity index (χ0n) is 16.2. The van der Waals surface area contributed by atoms with Gasteiger partial charge in [-0.25, -0.2) is 19.9 Å². The summed E-state index contributed by atoms with van der Waals surface area (Å²) < 4.78 is 42.9. The minimum absolute atomic E-state index is 0.0771. The van der Waals surface area contributed by atoms with Crippen molar-refractivity contribution in [3.63, 3.8) is 0 Å². The van der Waals surface area contributed by atoms with E-state index in [4.69, 9.17) is 5.73 Å². The number of carbonyl (C=O) groups excluding carboxylic acids is 1. The molecule has 4 rings (SSSR count). The number of likely N-dealkylation sites (tertiary alicyclic amines) is 1. The van der Waals surface area contributed by atoms with Crippen LogP contribution in [0.3, 0.4) is 0 Å². The number of fused-ring (bicyclic) bond motifs is 1. The third-order valence-corrected chi connectivity index (χ3v) is 5.20. The zero-order chi connectivity index (χ0) is 21.5. The molecule has 2 N–H and O–H groups in total. The third-order valence-electron chi connectivity index (χ3n) is 5.20. The Morgan fingerprint density at radius 3 is 2.80 bits per heavy atom. The lowest BCUT2D eigenvalue weighted by Gasteiger charge is -2.33. The molecule has 4 heterocycles. The topological polar surface area (TPSA) is 103 Å². The second-order valence-corrected chi connectivity index (χ2v) is 7.36. The summed E-state index contributed by atoms with van der Waals surface area (Å²) in [6, 6.07) is 1.02. The second-order valence-electron chi connectivity index (χ2n) is 7.36. The van der Waals surface area contributed by atoms with Crippen molar-refractivity contribution in [1.29, 1.82) is 0 Å². The summed E-state index contributed by atoms with van der Waals surface area (Å²) in [5.74, 6) is -0.437. The predicted octanol–water partition coefficient (Wildman–Crippen LogP) is 2.54. The first kappa shape index (κ1) is 20.0. The van der Waals surface area contributed by atoms with Gasteiger partial charge in [-0.05, 0) is 25.8 Å². The Balaban J connectivity index is 1.67. The number of amides is 1. The van der Waals surface area contributed by atoms with Crippen LogP contribution in [0, 0.1) is 6.92 Å². The molecule has 3 aromatic rings. The summed E-state index contributed by atoms with van der Waals surface area (Å²) in [5, 5.41) is -0.291. The van der Waals surface area contributed by atoms with Gasteiger partial charge in [0.05, 0.1) is 17.3 Å². The molecule has 0 bridgehead atoms. The van der Waals surface area contributed by atoms with Crippen molar-refractivity contribution in [2.45, 2.75) is 38.4 Å². The number of nitrogens with zero attached hydrogens (tertiary/aromatic N) is 6. The number of aromatic nitrogens is 5. The Labute approximate surface area is 170 Å². The number of anilines is 1. The number of halogens is 3. The molecular formula is C19H20F3N7O. The molecule has 158 valence electrons. The molecule has 1 amide bonds. The van der Waals surface area contributed by atoms with Gasteiger partial charge in [-0.2, -0.15) is 13.2 Å². The number of piperidine rings is 1. The van der Waals surface area contributed by atoms with E-state index in [0.717, 1.165) is 6.07 Å². The van der Waals surface area contributed by atoms with Crippen molar-refractivity contribution in [3.8, 4) is 0 Å². The quantitative estimate of drug-likeness (QED) is 0.700. The molecule has 0 aliphatic carbocycles. The van der Waals surface area contributed by atoms with Crippen LogP contribution in [0.1, 0.15) is 35.8 Å². The van der Waals surface area contributed by atoms with E-state index in [1.165, 1.54) is 0 Å². The molecule has 8 nitrogen and oxygen atoms in total. The monoisotopic (exact) mass is 419 g/mol. The maximum atomic E-state index is 13.8. The van der Waals surface area contributed by atoms with Gasteiger partial charge in [-0.1, -0.05) is 0 Å². The molecule has 1 saturated heterocycles. The molecule has 0 radical (unpaired) electrons. The van der Waals surface area contributed by atoms with Gasteiger partial charge in [-0.15, -0.1) is 0 Å². The van der Waals surface area contributed by atoms with Crippen LogP contribution < -0.4 is 5.73 Å². The number of rotatable bonds is 3. The number of pyridine rings is 1. The van der Waals surface area contributed by atoms with E-state index in [9.17, 15) is 18.0 Å². The summed E-state index contributed by atoms with van der Waals surface area (Å²) in [6.45, 7) is 2.53. The van der Waals surface area contributed by atoms with Gasteiger partial charge in [0.2, 0.25) is 5.91 Å². The standard InChI is InChI=1S/C19H20F3N7O/c1-11-25-17(23)16-13(19(20,21)22)7-14(27-18(16)26-11)12-3-2-5-29(8-12)15(30)9-28-6-4-24-10-28/h4,6-7,10,12H,2-3,5,8-9H2,1H3,(H2,23,25,26,27)/t12-/m1/s1. The number of alkyl halides is 3. The van der Waals surface area contributed by atoms with Crippen molar-refractivity contribution in [3.05, 3.63) is 41.9 Å². The van der Waals surface area contributed by atoms with Crippen LogP contribution in [0.5, 0.6) is 0 Å². The van der Waals surface area contributed by atoms with Gasteiger partial charge in [0, 0.05) is 37.1 Å². The first-order chi connectivity index (χ1) is 14.2. The van der Waals surface area contributed by atoms with Crippen LogP contribution in [-0.4, -0.2) is 48.4 Å². The molecule has 0 unspecified atom stereocenters. The van der Waals surface area contributed by atoms with Crippen LogP contribution >= 0.6 is 0 Å². The van der Waals surface area contributed by atoms with E-state index in [2.05, 4.69) is 19.9 Å². The van der Waals surface area contributed by atoms with Crippen LogP contribution in [0.25, 0.3) is 11.0 Å². The highest BCUT2D eigenvalue weighted by molar-refractivity contribution is 5.89. The molecule has 0 aromatic carbocycles. The number of nitrogen functional groups attached to an aromatic ring is 1. The van der Waals surface area contributed by atoms with Crippen LogP contribution in [0.15, 0.2) is 24.8 Å². The Bertz CT molecular complexity index is 1080.